The molecular weight excluding hydrogens is 243 g/mol. The first-order valence-electron chi connectivity index (χ1n) is 5.82. The minimum absolute atomic E-state index is 0.135. The highest BCUT2D eigenvalue weighted by Gasteiger charge is 2.30. The van der Waals surface area contributed by atoms with E-state index in [-0.39, 0.29) is 25.0 Å². The SMILES string of the molecule is COCC(F)(CCCN)Cc1ccc(F)cc1F. The van der Waals surface area contributed by atoms with Gasteiger partial charge in [0, 0.05) is 19.6 Å². The second kappa shape index (κ2) is 6.75. The van der Waals surface area contributed by atoms with Gasteiger partial charge in [-0.3, -0.25) is 0 Å². The lowest BCUT2D eigenvalue weighted by Gasteiger charge is -2.24. The summed E-state index contributed by atoms with van der Waals surface area (Å²) in [7, 11) is 1.39. The molecule has 0 aromatic heterocycles. The van der Waals surface area contributed by atoms with Crippen molar-refractivity contribution in [2.75, 3.05) is 20.3 Å². The fourth-order valence-corrected chi connectivity index (χ4v) is 1.90. The van der Waals surface area contributed by atoms with Crippen molar-refractivity contribution in [1.82, 2.24) is 0 Å². The van der Waals surface area contributed by atoms with Gasteiger partial charge in [-0.05, 0) is 31.0 Å². The molecule has 0 saturated heterocycles. The molecule has 0 fully saturated rings. The Labute approximate surface area is 105 Å². The number of alkyl halides is 1. The number of rotatable bonds is 7. The van der Waals surface area contributed by atoms with Gasteiger partial charge >= 0.3 is 0 Å². The molecule has 0 radical (unpaired) electrons. The third-order valence-corrected chi connectivity index (χ3v) is 2.75. The van der Waals surface area contributed by atoms with E-state index in [1.807, 2.05) is 0 Å². The first kappa shape index (κ1) is 15.0. The van der Waals surface area contributed by atoms with E-state index in [0.717, 1.165) is 12.1 Å². The van der Waals surface area contributed by atoms with E-state index in [1.165, 1.54) is 13.2 Å². The van der Waals surface area contributed by atoms with Gasteiger partial charge in [0.2, 0.25) is 0 Å². The molecule has 0 aliphatic rings. The van der Waals surface area contributed by atoms with E-state index in [2.05, 4.69) is 0 Å². The number of hydrogen-bond acceptors (Lipinski definition) is 2. The average molecular weight is 261 g/mol. The van der Waals surface area contributed by atoms with Crippen LogP contribution in [0, 0.1) is 11.6 Å². The summed E-state index contributed by atoms with van der Waals surface area (Å²) in [5.41, 5.74) is 3.82. The zero-order valence-corrected chi connectivity index (χ0v) is 10.4. The van der Waals surface area contributed by atoms with Gasteiger partial charge in [0.15, 0.2) is 0 Å². The molecule has 0 amide bonds. The number of hydrogen-bond donors (Lipinski definition) is 1. The Hall–Kier alpha value is -1.07. The summed E-state index contributed by atoms with van der Waals surface area (Å²) < 4.78 is 45.6. The molecule has 18 heavy (non-hydrogen) atoms. The monoisotopic (exact) mass is 261 g/mol. The molecule has 1 aromatic rings. The smallest absolute Gasteiger partial charge is 0.138 e. The van der Waals surface area contributed by atoms with Crippen LogP contribution in [0.25, 0.3) is 0 Å². The topological polar surface area (TPSA) is 35.2 Å². The van der Waals surface area contributed by atoms with Gasteiger partial charge < -0.3 is 10.5 Å². The third kappa shape index (κ3) is 4.31. The number of ether oxygens (including phenoxy) is 1. The van der Waals surface area contributed by atoms with Crippen molar-refractivity contribution in [2.24, 2.45) is 5.73 Å². The van der Waals surface area contributed by atoms with Gasteiger partial charge in [0.1, 0.15) is 17.3 Å². The molecule has 0 spiro atoms. The molecule has 0 heterocycles. The quantitative estimate of drug-likeness (QED) is 0.818. The number of benzene rings is 1. The van der Waals surface area contributed by atoms with E-state index in [9.17, 15) is 13.2 Å². The molecule has 0 aliphatic heterocycles. The molecule has 1 aromatic carbocycles. The zero-order valence-electron chi connectivity index (χ0n) is 10.4. The Bertz CT molecular complexity index is 386. The molecule has 0 aliphatic carbocycles. The van der Waals surface area contributed by atoms with Crippen LogP contribution in [-0.4, -0.2) is 25.9 Å². The van der Waals surface area contributed by atoms with Crippen LogP contribution in [0.5, 0.6) is 0 Å². The van der Waals surface area contributed by atoms with Crippen molar-refractivity contribution < 1.29 is 17.9 Å². The molecule has 0 bridgehead atoms. The summed E-state index contributed by atoms with van der Waals surface area (Å²) in [5.74, 6) is -1.41. The molecule has 5 heteroatoms. The Balaban J connectivity index is 2.81. The predicted octanol–water partition coefficient (Wildman–Crippen LogP) is 2.60. The lowest BCUT2D eigenvalue weighted by molar-refractivity contribution is 0.0328. The summed E-state index contributed by atoms with van der Waals surface area (Å²) in [5, 5.41) is 0. The molecule has 1 atom stereocenters. The van der Waals surface area contributed by atoms with Crippen molar-refractivity contribution in [3.05, 3.63) is 35.4 Å². The van der Waals surface area contributed by atoms with Crippen molar-refractivity contribution in [3.8, 4) is 0 Å². The minimum Gasteiger partial charge on any atom is -0.381 e. The van der Waals surface area contributed by atoms with Crippen LogP contribution < -0.4 is 5.73 Å². The third-order valence-electron chi connectivity index (χ3n) is 2.75. The lowest BCUT2D eigenvalue weighted by Crippen LogP contribution is -2.33. The van der Waals surface area contributed by atoms with Gasteiger partial charge in [-0.15, -0.1) is 0 Å². The highest BCUT2D eigenvalue weighted by atomic mass is 19.1. The van der Waals surface area contributed by atoms with Crippen LogP contribution in [0.4, 0.5) is 13.2 Å². The summed E-state index contributed by atoms with van der Waals surface area (Å²) in [6.07, 6.45) is 0.532. The van der Waals surface area contributed by atoms with Crippen molar-refractivity contribution in [3.63, 3.8) is 0 Å². The van der Waals surface area contributed by atoms with Gasteiger partial charge in [0.25, 0.3) is 0 Å². The van der Waals surface area contributed by atoms with Crippen LogP contribution >= 0.6 is 0 Å². The van der Waals surface area contributed by atoms with Crippen LogP contribution in [-0.2, 0) is 11.2 Å². The van der Waals surface area contributed by atoms with Gasteiger partial charge in [-0.2, -0.15) is 0 Å². The highest BCUT2D eigenvalue weighted by Crippen LogP contribution is 2.25. The van der Waals surface area contributed by atoms with Gasteiger partial charge in [-0.1, -0.05) is 6.07 Å². The van der Waals surface area contributed by atoms with Crippen molar-refractivity contribution in [2.45, 2.75) is 24.9 Å². The second-order valence-corrected chi connectivity index (χ2v) is 4.39. The average Bonchev–Trinajstić information content (AvgIpc) is 2.31. The maximum Gasteiger partial charge on any atom is 0.138 e. The van der Waals surface area contributed by atoms with Crippen molar-refractivity contribution >= 4 is 0 Å². The molecule has 102 valence electrons. The van der Waals surface area contributed by atoms with E-state index in [4.69, 9.17) is 10.5 Å². The predicted molar refractivity (Wildman–Crippen MR) is 64.1 cm³/mol. The molecule has 2 nitrogen and oxygen atoms in total. The van der Waals surface area contributed by atoms with E-state index >= 15 is 0 Å². The first-order chi connectivity index (χ1) is 8.50. The Morgan fingerprint density at radius 1 is 1.33 bits per heavy atom. The Morgan fingerprint density at radius 3 is 2.61 bits per heavy atom. The zero-order chi connectivity index (χ0) is 13.6. The fourth-order valence-electron chi connectivity index (χ4n) is 1.90. The molecular formula is C13H18F3NO. The molecule has 1 unspecified atom stereocenters. The Morgan fingerprint density at radius 2 is 2.06 bits per heavy atom. The highest BCUT2D eigenvalue weighted by molar-refractivity contribution is 5.20. The summed E-state index contributed by atoms with van der Waals surface area (Å²) >= 11 is 0. The van der Waals surface area contributed by atoms with Crippen LogP contribution in [0.1, 0.15) is 18.4 Å². The molecule has 2 N–H and O–H groups in total. The maximum atomic E-state index is 14.5. The van der Waals surface area contributed by atoms with Crippen LogP contribution in [0.2, 0.25) is 0 Å². The minimum atomic E-state index is -1.67. The number of halogens is 3. The summed E-state index contributed by atoms with van der Waals surface area (Å²) in [6, 6.07) is 3.14. The lowest BCUT2D eigenvalue weighted by atomic mass is 9.92. The number of nitrogens with two attached hydrogens (primary N) is 1. The largest absolute Gasteiger partial charge is 0.381 e. The van der Waals surface area contributed by atoms with Gasteiger partial charge in [-0.25, -0.2) is 13.2 Å². The normalized spacial score (nSPS) is 14.5. The standard InChI is InChI=1S/C13H18F3NO/c1-18-9-13(16,5-2-6-17)8-10-3-4-11(14)7-12(10)15/h3-4,7H,2,5-6,8-9,17H2,1H3. The van der Waals surface area contributed by atoms with E-state index in [0.29, 0.717) is 13.0 Å². The molecule has 0 saturated carbocycles. The van der Waals surface area contributed by atoms with E-state index in [1.54, 1.807) is 0 Å². The van der Waals surface area contributed by atoms with E-state index < -0.39 is 17.3 Å². The molecule has 1 rings (SSSR count). The fraction of sp³-hybridized carbons (Fsp3) is 0.538. The van der Waals surface area contributed by atoms with Crippen molar-refractivity contribution in [1.29, 1.82) is 0 Å². The maximum absolute atomic E-state index is 14.5. The Kier molecular flexibility index (Phi) is 5.62. The van der Waals surface area contributed by atoms with Crippen LogP contribution in [0.15, 0.2) is 18.2 Å². The number of methoxy groups -OCH3 is 1. The summed E-state index contributed by atoms with van der Waals surface area (Å²) in [4.78, 5) is 0. The van der Waals surface area contributed by atoms with Gasteiger partial charge in [0.05, 0.1) is 6.61 Å². The first-order valence-corrected chi connectivity index (χ1v) is 5.82. The summed E-state index contributed by atoms with van der Waals surface area (Å²) in [6.45, 7) is 0.227. The second-order valence-electron chi connectivity index (χ2n) is 4.39. The van der Waals surface area contributed by atoms with Crippen LogP contribution in [0.3, 0.4) is 0 Å².